The van der Waals surface area contributed by atoms with E-state index in [1.165, 1.54) is 69.7 Å². The van der Waals surface area contributed by atoms with Gasteiger partial charge in [-0.3, -0.25) is 0 Å². The quantitative estimate of drug-likeness (QED) is 0.194. The molecule has 6 aliphatic heterocycles. The molecule has 0 amide bonds. The zero-order chi connectivity index (χ0) is 77.2. The molecule has 0 saturated carbocycles. The molecular formula is C87H163CoK2N4O12+3. The predicted molar refractivity (Wildman–Crippen MR) is 426 cm³/mol. The van der Waals surface area contributed by atoms with Crippen molar-refractivity contribution in [3.8, 4) is 0 Å². The number of rotatable bonds is 0. The molecule has 0 atom stereocenters. The standard InChI is InChI=1S/2C18H36N2O6.3C17H29.Co.2K/c2*1-7-21-13-14-24-10-4-20-5-11-25-17-15-22-8-2-19(1)3-9-23-16-18-26-12-6-20;3*1-15(2,3)12-10-13(16(4,5)6)14(11-12)17(7,8)9;;;/h2*1-18H2;3*10-11H,1-9H3;;;/q;;3*-1;;2*+1/p+4. The van der Waals surface area contributed by atoms with Gasteiger partial charge in [0.1, 0.15) is 78.5 Å². The van der Waals surface area contributed by atoms with E-state index in [0.29, 0.717) is 79.3 Å². The van der Waals surface area contributed by atoms with E-state index in [1.54, 1.807) is 0 Å². The Kier molecular flexibility index (Phi) is 54.1. The Balaban J connectivity index is 0.00000131. The van der Waals surface area contributed by atoms with Crippen LogP contribution in [-0.4, -0.2) is 237 Å². The fourth-order valence-electron chi connectivity index (χ4n) is 12.6. The molecule has 6 aliphatic rings. The Labute approximate surface area is 746 Å². The molecule has 0 unspecified atom stereocenters. The van der Waals surface area contributed by atoms with Gasteiger partial charge in [-0.05, 0) is 32.5 Å². The van der Waals surface area contributed by atoms with Crippen molar-refractivity contribution in [1.82, 2.24) is 0 Å². The van der Waals surface area contributed by atoms with Crippen molar-refractivity contribution in [1.29, 1.82) is 0 Å². The first-order chi connectivity index (χ1) is 47.9. The second kappa shape index (κ2) is 53.5. The number of hydrogen-bond acceptors (Lipinski definition) is 12. The largest absolute Gasteiger partial charge is 1.00 e. The Morgan fingerprint density at radius 2 is 0.321 bits per heavy atom. The first kappa shape index (κ1) is 107. The summed E-state index contributed by atoms with van der Waals surface area (Å²) >= 11 is 0. The Morgan fingerprint density at radius 1 is 0.198 bits per heavy atom. The van der Waals surface area contributed by atoms with Gasteiger partial charge in [-0.15, -0.1) is 0 Å². The molecule has 106 heavy (non-hydrogen) atoms. The summed E-state index contributed by atoms with van der Waals surface area (Å²) in [6.07, 6.45) is 0. The van der Waals surface area contributed by atoms with Gasteiger partial charge in [0.2, 0.25) is 0 Å². The van der Waals surface area contributed by atoms with Gasteiger partial charge in [0, 0.05) is 16.8 Å². The van der Waals surface area contributed by atoms with Crippen LogP contribution in [0.3, 0.4) is 0 Å². The van der Waals surface area contributed by atoms with Crippen molar-refractivity contribution in [2.75, 3.05) is 237 Å². The number of hydrogen-bond donors (Lipinski definition) is 4. The molecule has 4 N–H and O–H groups in total. The van der Waals surface area contributed by atoms with Crippen LogP contribution in [0.1, 0.15) is 237 Å². The van der Waals surface area contributed by atoms with E-state index in [-0.39, 0.29) is 168 Å². The van der Waals surface area contributed by atoms with Crippen LogP contribution in [0.4, 0.5) is 0 Å². The number of nitrogens with one attached hydrogen (secondary N) is 4. The minimum Gasteiger partial charge on any atom is -0.373 e. The predicted octanol–water partition coefficient (Wildman–Crippen LogP) is 3.67. The third-order valence-electron chi connectivity index (χ3n) is 19.5. The summed E-state index contributed by atoms with van der Waals surface area (Å²) in [5.74, 6) is 0. The van der Waals surface area contributed by atoms with Crippen LogP contribution in [0, 0.1) is 0 Å². The second-order valence-corrected chi connectivity index (χ2v) is 38.3. The van der Waals surface area contributed by atoms with Crippen LogP contribution < -0.4 is 122 Å². The third kappa shape index (κ3) is 46.2. The average molecular weight is 1590 g/mol. The van der Waals surface area contributed by atoms with Gasteiger partial charge in [0.05, 0.1) is 159 Å². The molecular weight excluding hydrogens is 1430 g/mol. The Bertz CT molecular complexity index is 2170. The molecule has 16 nitrogen and oxygen atoms in total. The first-order valence-electron chi connectivity index (χ1n) is 40.1. The Morgan fingerprint density at radius 3 is 0.406 bits per heavy atom. The molecule has 6 heterocycles. The van der Waals surface area contributed by atoms with E-state index < -0.39 is 0 Å². The summed E-state index contributed by atoms with van der Waals surface area (Å²) in [6, 6.07) is 14.5. The molecule has 3 aromatic rings. The van der Waals surface area contributed by atoms with Crippen molar-refractivity contribution in [3.63, 3.8) is 0 Å². The molecule has 611 valence electrons. The van der Waals surface area contributed by atoms with Crippen LogP contribution in [-0.2, 0) is 122 Å². The van der Waals surface area contributed by atoms with Gasteiger partial charge in [0.25, 0.3) is 0 Å². The van der Waals surface area contributed by atoms with Gasteiger partial charge >= 0.3 is 103 Å². The minimum absolute atomic E-state index is 0. The van der Waals surface area contributed by atoms with Gasteiger partial charge in [-0.25, -0.2) is 18.2 Å². The maximum absolute atomic E-state index is 5.73. The van der Waals surface area contributed by atoms with Crippen molar-refractivity contribution < 1.29 is 196 Å². The number of ether oxygens (including phenoxy) is 12. The van der Waals surface area contributed by atoms with Gasteiger partial charge in [-0.2, -0.15) is 68.3 Å². The normalized spacial score (nSPS) is 21.8. The summed E-state index contributed by atoms with van der Waals surface area (Å²) in [5.41, 5.74) is 15.5. The van der Waals surface area contributed by atoms with Gasteiger partial charge in [0.15, 0.2) is 0 Å². The van der Waals surface area contributed by atoms with Gasteiger partial charge in [-0.1, -0.05) is 203 Å². The van der Waals surface area contributed by atoms with E-state index in [0.717, 1.165) is 158 Å². The monoisotopic (exact) mass is 1590 g/mol. The Hall–Kier alpha value is 1.19. The fourth-order valence-corrected chi connectivity index (χ4v) is 12.6. The van der Waals surface area contributed by atoms with E-state index in [9.17, 15) is 0 Å². The number of fused-ring (bicyclic) bond motifs is 42. The summed E-state index contributed by atoms with van der Waals surface area (Å²) in [7, 11) is 0. The third-order valence-corrected chi connectivity index (χ3v) is 19.5. The topological polar surface area (TPSA) is 129 Å². The van der Waals surface area contributed by atoms with E-state index in [2.05, 4.69) is 223 Å². The van der Waals surface area contributed by atoms with Crippen molar-refractivity contribution in [2.45, 2.75) is 236 Å². The summed E-state index contributed by atoms with van der Waals surface area (Å²) < 4.78 is 68.7. The van der Waals surface area contributed by atoms with E-state index >= 15 is 0 Å². The van der Waals surface area contributed by atoms with Crippen molar-refractivity contribution in [3.05, 3.63) is 86.5 Å². The molecule has 6 saturated heterocycles. The number of quaternary nitrogens is 4. The summed E-state index contributed by atoms with van der Waals surface area (Å²) in [5, 5.41) is 0. The summed E-state index contributed by atoms with van der Waals surface area (Å²) in [4.78, 5) is 5.76. The minimum atomic E-state index is 0. The van der Waals surface area contributed by atoms with E-state index in [1.807, 2.05) is 0 Å². The average Bonchev–Trinajstić information content (AvgIpc) is 1.65. The van der Waals surface area contributed by atoms with Crippen LogP contribution >= 0.6 is 0 Å². The fraction of sp³-hybridized carbons (Fsp3) is 0.828. The maximum atomic E-state index is 5.73. The smallest absolute Gasteiger partial charge is 0.373 e. The zero-order valence-electron chi connectivity index (χ0n) is 74.2. The van der Waals surface area contributed by atoms with Crippen LogP contribution in [0.15, 0.2) is 36.4 Å². The molecule has 3 aromatic carbocycles. The molecule has 4 bridgehead atoms. The SMILES string of the molecule is C1COCC[NH+]2CCOCCOCC[NH+](CCO1)CCOCCOCC2.C1COCC[NH+]2CCOCCOCC[NH+](CCO1)CCOCCOCC2.CC(C)(C)c1cc(C(C)(C)C)c(C(C)(C)C)[cH-]1.CC(C)(C)c1cc(C(C)(C)C)c(C(C)(C)C)[cH-]1.CC(C)(C)c1cc(C(C)(C)C)c(C(C)(C)C)[cH-]1.[Co].[K+].[K+]. The molecule has 0 spiro atoms. The summed E-state index contributed by atoms with van der Waals surface area (Å²) in [6.45, 7) is 90.4. The van der Waals surface area contributed by atoms with Crippen LogP contribution in [0.25, 0.3) is 0 Å². The molecule has 0 aromatic heterocycles. The first-order valence-corrected chi connectivity index (χ1v) is 40.1. The van der Waals surface area contributed by atoms with Crippen LogP contribution in [0.5, 0.6) is 0 Å². The molecule has 6 fully saturated rings. The van der Waals surface area contributed by atoms with Gasteiger partial charge < -0.3 is 76.4 Å². The van der Waals surface area contributed by atoms with Crippen molar-refractivity contribution in [2.24, 2.45) is 0 Å². The molecule has 1 radical (unpaired) electrons. The molecule has 19 heteroatoms. The van der Waals surface area contributed by atoms with Crippen LogP contribution in [0.2, 0.25) is 0 Å². The molecule has 0 aliphatic carbocycles. The van der Waals surface area contributed by atoms with E-state index in [4.69, 9.17) is 56.8 Å². The maximum Gasteiger partial charge on any atom is 1.00 e. The second-order valence-electron chi connectivity index (χ2n) is 38.3. The molecule has 9 rings (SSSR count). The van der Waals surface area contributed by atoms with Crippen molar-refractivity contribution >= 4 is 0 Å². The zero-order valence-corrected chi connectivity index (χ0v) is 81.4.